The summed E-state index contributed by atoms with van der Waals surface area (Å²) >= 11 is 0. The molecule has 0 amide bonds. The van der Waals surface area contributed by atoms with Crippen LogP contribution in [0.15, 0.2) is 48.5 Å². The smallest absolute Gasteiger partial charge is 0.319 e. The van der Waals surface area contributed by atoms with Gasteiger partial charge in [-0.05, 0) is 25.0 Å². The molecule has 0 aliphatic rings. The van der Waals surface area contributed by atoms with Crippen molar-refractivity contribution in [1.82, 2.24) is 5.32 Å². The van der Waals surface area contributed by atoms with Gasteiger partial charge in [-0.25, -0.2) is 0 Å². The Labute approximate surface area is 143 Å². The number of carbonyl (C=O) groups excluding carboxylic acids is 1. The summed E-state index contributed by atoms with van der Waals surface area (Å²) in [5.74, 6) is -0.287. The highest BCUT2D eigenvalue weighted by Crippen LogP contribution is 2.15. The van der Waals surface area contributed by atoms with Crippen LogP contribution >= 0.6 is 0 Å². The molecule has 0 bridgehead atoms. The van der Waals surface area contributed by atoms with Gasteiger partial charge in [0.15, 0.2) is 0 Å². The van der Waals surface area contributed by atoms with Gasteiger partial charge in [0, 0.05) is 0 Å². The molecular weight excluding hydrogens is 302 g/mol. The summed E-state index contributed by atoms with van der Waals surface area (Å²) in [6.07, 6.45) is 0. The van der Waals surface area contributed by atoms with Crippen LogP contribution in [0.25, 0.3) is 0 Å². The molecule has 4 heteroatoms. The van der Waals surface area contributed by atoms with E-state index in [0.29, 0.717) is 13.2 Å². The summed E-state index contributed by atoms with van der Waals surface area (Å²) in [7, 11) is 1.39. The van der Waals surface area contributed by atoms with Crippen molar-refractivity contribution in [2.24, 2.45) is 0 Å². The van der Waals surface area contributed by atoms with Gasteiger partial charge in [-0.2, -0.15) is 0 Å². The van der Waals surface area contributed by atoms with Crippen LogP contribution < -0.4 is 5.32 Å². The quantitative estimate of drug-likeness (QED) is 0.756. The lowest BCUT2D eigenvalue weighted by Gasteiger charge is -2.19. The van der Waals surface area contributed by atoms with Gasteiger partial charge in [0.05, 0.1) is 32.9 Å². The van der Waals surface area contributed by atoms with Gasteiger partial charge in [0.1, 0.15) is 0 Å². The molecule has 0 radical (unpaired) electrons. The average molecular weight is 327 g/mol. The Balaban J connectivity index is 1.96. The van der Waals surface area contributed by atoms with Gasteiger partial charge in [-0.3, -0.25) is 10.1 Å². The van der Waals surface area contributed by atoms with Crippen molar-refractivity contribution in [1.29, 1.82) is 0 Å². The number of nitrogens with one attached hydrogen (secondary N) is 1. The average Bonchev–Trinajstić information content (AvgIpc) is 2.57. The molecule has 4 nitrogen and oxygen atoms in total. The van der Waals surface area contributed by atoms with Crippen LogP contribution in [0.3, 0.4) is 0 Å². The monoisotopic (exact) mass is 327 g/mol. The van der Waals surface area contributed by atoms with Crippen LogP contribution in [-0.4, -0.2) is 26.2 Å². The van der Waals surface area contributed by atoms with E-state index < -0.39 is 0 Å². The maximum Gasteiger partial charge on any atom is 0.319 e. The van der Waals surface area contributed by atoms with Crippen molar-refractivity contribution in [2.45, 2.75) is 26.5 Å². The van der Waals surface area contributed by atoms with Crippen molar-refractivity contribution in [3.05, 3.63) is 70.8 Å². The van der Waals surface area contributed by atoms with E-state index in [1.165, 1.54) is 18.2 Å². The third kappa shape index (κ3) is 5.80. The lowest BCUT2D eigenvalue weighted by atomic mass is 10.1. The predicted molar refractivity (Wildman–Crippen MR) is 94.8 cm³/mol. The van der Waals surface area contributed by atoms with Gasteiger partial charge in [0.2, 0.25) is 0 Å². The third-order valence-corrected chi connectivity index (χ3v) is 3.76. The van der Waals surface area contributed by atoms with Gasteiger partial charge in [0.25, 0.3) is 0 Å². The first kappa shape index (κ1) is 18.2. The molecule has 0 fully saturated rings. The highest BCUT2D eigenvalue weighted by Gasteiger charge is 2.13. The molecule has 0 aromatic heterocycles. The zero-order valence-corrected chi connectivity index (χ0v) is 14.5. The minimum atomic E-state index is -0.287. The molecule has 0 heterocycles. The van der Waals surface area contributed by atoms with E-state index in [0.717, 1.165) is 11.1 Å². The Morgan fingerprint density at radius 2 is 1.75 bits per heavy atom. The molecule has 0 spiro atoms. The van der Waals surface area contributed by atoms with E-state index >= 15 is 0 Å². The minimum Gasteiger partial charge on any atom is -0.468 e. The van der Waals surface area contributed by atoms with Crippen LogP contribution in [-0.2, 0) is 20.9 Å². The topological polar surface area (TPSA) is 47.6 Å². The fraction of sp³-hybridized carbons (Fsp3) is 0.350. The molecular formula is C20H25NO3. The largest absolute Gasteiger partial charge is 0.468 e. The normalized spacial score (nSPS) is 12.0. The summed E-state index contributed by atoms with van der Waals surface area (Å²) in [5.41, 5.74) is 4.71. The highest BCUT2D eigenvalue weighted by atomic mass is 16.5. The van der Waals surface area contributed by atoms with Crippen LogP contribution in [0.2, 0.25) is 0 Å². The van der Waals surface area contributed by atoms with Crippen LogP contribution in [0.5, 0.6) is 0 Å². The molecule has 0 saturated heterocycles. The maximum absolute atomic E-state index is 11.4. The SMILES string of the molecule is COC(=O)CNC(COCc1cc(C)cc(C)c1)c1ccccc1. The summed E-state index contributed by atoms with van der Waals surface area (Å²) < 4.78 is 10.6. The lowest BCUT2D eigenvalue weighted by Crippen LogP contribution is -2.31. The maximum atomic E-state index is 11.4. The number of carbonyl (C=O) groups is 1. The molecule has 1 unspecified atom stereocenters. The number of aryl methyl sites for hydroxylation is 2. The number of hydrogen-bond donors (Lipinski definition) is 1. The van der Waals surface area contributed by atoms with E-state index in [1.54, 1.807) is 0 Å². The fourth-order valence-corrected chi connectivity index (χ4v) is 2.68. The summed E-state index contributed by atoms with van der Waals surface area (Å²) in [5, 5.41) is 3.20. The van der Waals surface area contributed by atoms with Gasteiger partial charge in [-0.15, -0.1) is 0 Å². The van der Waals surface area contributed by atoms with Crippen LogP contribution in [0, 0.1) is 13.8 Å². The Morgan fingerprint density at radius 1 is 1.08 bits per heavy atom. The summed E-state index contributed by atoms with van der Waals surface area (Å²) in [6, 6.07) is 16.3. The molecule has 128 valence electrons. The number of methoxy groups -OCH3 is 1. The van der Waals surface area contributed by atoms with Gasteiger partial charge < -0.3 is 9.47 Å². The zero-order chi connectivity index (χ0) is 17.4. The predicted octanol–water partition coefficient (Wildman–Crippen LogP) is 3.32. The molecule has 1 N–H and O–H groups in total. The van der Waals surface area contributed by atoms with Crippen molar-refractivity contribution >= 4 is 5.97 Å². The first-order valence-corrected chi connectivity index (χ1v) is 8.08. The summed E-state index contributed by atoms with van der Waals surface area (Å²) in [6.45, 7) is 5.35. The Kier molecular flexibility index (Phi) is 6.97. The Bertz CT molecular complexity index is 635. The number of benzene rings is 2. The van der Waals surface area contributed by atoms with Gasteiger partial charge >= 0.3 is 5.97 Å². The second kappa shape index (κ2) is 9.21. The third-order valence-electron chi connectivity index (χ3n) is 3.76. The highest BCUT2D eigenvalue weighted by molar-refractivity contribution is 5.71. The van der Waals surface area contributed by atoms with Crippen LogP contribution in [0.1, 0.15) is 28.3 Å². The van der Waals surface area contributed by atoms with E-state index in [1.807, 2.05) is 30.3 Å². The standard InChI is InChI=1S/C20H25NO3/c1-15-9-16(2)11-17(10-15)13-24-14-19(21-12-20(22)23-3)18-7-5-4-6-8-18/h4-11,19,21H,12-14H2,1-3H3. The van der Waals surface area contributed by atoms with E-state index in [4.69, 9.17) is 9.47 Å². The first-order valence-electron chi connectivity index (χ1n) is 8.08. The second-order valence-electron chi connectivity index (χ2n) is 5.93. The van der Waals surface area contributed by atoms with E-state index in [9.17, 15) is 4.79 Å². The van der Waals surface area contributed by atoms with Crippen molar-refractivity contribution < 1.29 is 14.3 Å². The molecule has 1 atom stereocenters. The second-order valence-corrected chi connectivity index (χ2v) is 5.93. The van der Waals surface area contributed by atoms with Crippen molar-refractivity contribution in [3.8, 4) is 0 Å². The molecule has 0 aliphatic heterocycles. The van der Waals surface area contributed by atoms with E-state index in [-0.39, 0.29) is 18.6 Å². The molecule has 2 aromatic carbocycles. The minimum absolute atomic E-state index is 0.0591. The number of ether oxygens (including phenoxy) is 2. The first-order chi connectivity index (χ1) is 11.6. The number of rotatable bonds is 8. The molecule has 2 rings (SSSR count). The van der Waals surface area contributed by atoms with Crippen molar-refractivity contribution in [2.75, 3.05) is 20.3 Å². The summed E-state index contributed by atoms with van der Waals surface area (Å²) in [4.78, 5) is 11.4. The Morgan fingerprint density at radius 3 is 2.38 bits per heavy atom. The van der Waals surface area contributed by atoms with Gasteiger partial charge in [-0.1, -0.05) is 59.7 Å². The van der Waals surface area contributed by atoms with Crippen molar-refractivity contribution in [3.63, 3.8) is 0 Å². The molecule has 24 heavy (non-hydrogen) atoms. The number of esters is 1. The number of hydrogen-bond acceptors (Lipinski definition) is 4. The molecule has 0 saturated carbocycles. The van der Waals surface area contributed by atoms with Crippen LogP contribution in [0.4, 0.5) is 0 Å². The lowest BCUT2D eigenvalue weighted by molar-refractivity contribution is -0.139. The molecule has 0 aliphatic carbocycles. The Hall–Kier alpha value is -2.17. The van der Waals surface area contributed by atoms with E-state index in [2.05, 4.69) is 37.4 Å². The fourth-order valence-electron chi connectivity index (χ4n) is 2.68. The zero-order valence-electron chi connectivity index (χ0n) is 14.5. The molecule has 2 aromatic rings.